The highest BCUT2D eigenvalue weighted by Crippen LogP contribution is 2.27. The van der Waals surface area contributed by atoms with Crippen molar-refractivity contribution < 1.29 is 9.21 Å². The van der Waals surface area contributed by atoms with E-state index in [2.05, 4.69) is 10.1 Å². The van der Waals surface area contributed by atoms with Crippen molar-refractivity contribution in [2.24, 2.45) is 0 Å². The highest BCUT2D eigenvalue weighted by atomic mass is 16.3. The van der Waals surface area contributed by atoms with Crippen molar-refractivity contribution in [3.8, 4) is 0 Å². The van der Waals surface area contributed by atoms with Crippen LogP contribution in [-0.4, -0.2) is 32.1 Å². The summed E-state index contributed by atoms with van der Waals surface area (Å²) in [5.74, 6) is 0.774. The van der Waals surface area contributed by atoms with Crippen molar-refractivity contribution in [1.29, 1.82) is 0 Å². The molecule has 6 nitrogen and oxygen atoms in total. The van der Waals surface area contributed by atoms with Crippen LogP contribution in [0.1, 0.15) is 25.6 Å². The second kappa shape index (κ2) is 6.01. The number of aromatic nitrogens is 3. The van der Waals surface area contributed by atoms with Gasteiger partial charge in [-0.15, -0.1) is 0 Å². The molecular formula is C16H18N4O2. The lowest BCUT2D eigenvalue weighted by molar-refractivity contribution is -0.134. The zero-order chi connectivity index (χ0) is 15.5. The van der Waals surface area contributed by atoms with E-state index >= 15 is 0 Å². The number of carbonyl (C=O) groups is 1. The minimum absolute atomic E-state index is 0.0130. The predicted octanol–water partition coefficient (Wildman–Crippen LogP) is 2.63. The Kier molecular flexibility index (Phi) is 3.91. The highest BCUT2D eigenvalue weighted by molar-refractivity contribution is 5.79. The number of carbonyl (C=O) groups excluding carboxylic acids is 1. The van der Waals surface area contributed by atoms with Crippen LogP contribution < -0.4 is 0 Å². The first-order valence-corrected chi connectivity index (χ1v) is 7.29. The van der Waals surface area contributed by atoms with Crippen molar-refractivity contribution in [3.05, 3.63) is 48.7 Å². The number of likely N-dealkylation sites (N-methyl/N-ethyl adjacent to an activating group) is 1. The second-order valence-electron chi connectivity index (χ2n) is 5.14. The van der Waals surface area contributed by atoms with E-state index in [0.29, 0.717) is 6.54 Å². The summed E-state index contributed by atoms with van der Waals surface area (Å²) in [6.45, 7) is 4.71. The van der Waals surface area contributed by atoms with Gasteiger partial charge in [-0.3, -0.25) is 4.79 Å². The van der Waals surface area contributed by atoms with Crippen LogP contribution in [0, 0.1) is 0 Å². The number of hydrogen-bond acceptors (Lipinski definition) is 4. The molecule has 22 heavy (non-hydrogen) atoms. The van der Waals surface area contributed by atoms with Gasteiger partial charge in [0, 0.05) is 11.9 Å². The summed E-state index contributed by atoms with van der Waals surface area (Å²) in [5, 5.41) is 5.02. The molecule has 3 rings (SSSR count). The molecule has 1 aromatic carbocycles. The number of benzene rings is 1. The Balaban J connectivity index is 1.81. The monoisotopic (exact) mass is 298 g/mol. The quantitative estimate of drug-likeness (QED) is 0.726. The predicted molar refractivity (Wildman–Crippen MR) is 82.0 cm³/mol. The molecule has 0 N–H and O–H groups in total. The van der Waals surface area contributed by atoms with E-state index in [0.717, 1.165) is 16.7 Å². The smallest absolute Gasteiger partial charge is 0.244 e. The molecule has 3 aromatic rings. The summed E-state index contributed by atoms with van der Waals surface area (Å²) in [5.41, 5.74) is 0.837. The van der Waals surface area contributed by atoms with Crippen LogP contribution in [0.4, 0.5) is 0 Å². The third-order valence-electron chi connectivity index (χ3n) is 3.75. The van der Waals surface area contributed by atoms with Gasteiger partial charge in [0.15, 0.2) is 0 Å². The molecule has 0 aliphatic carbocycles. The standard InChI is InChI=1S/C16H18N4O2/c1-3-20(16(21)9-19-11-17-10-18-19)12(2)15-8-13-6-4-5-7-14(13)22-15/h4-8,10-12H,3,9H2,1-2H3. The summed E-state index contributed by atoms with van der Waals surface area (Å²) < 4.78 is 7.39. The fraction of sp³-hybridized carbons (Fsp3) is 0.312. The maximum absolute atomic E-state index is 12.5. The largest absolute Gasteiger partial charge is 0.459 e. The number of furan rings is 1. The lowest BCUT2D eigenvalue weighted by Gasteiger charge is -2.26. The maximum atomic E-state index is 12.5. The fourth-order valence-electron chi connectivity index (χ4n) is 2.57. The first-order valence-electron chi connectivity index (χ1n) is 7.29. The Labute approximate surface area is 128 Å². The molecule has 114 valence electrons. The first-order chi connectivity index (χ1) is 10.7. The van der Waals surface area contributed by atoms with Crippen molar-refractivity contribution in [2.45, 2.75) is 26.4 Å². The van der Waals surface area contributed by atoms with Crippen LogP contribution in [0.15, 0.2) is 47.4 Å². The molecule has 1 unspecified atom stereocenters. The molecule has 0 saturated heterocycles. The van der Waals surface area contributed by atoms with E-state index in [4.69, 9.17) is 4.42 Å². The van der Waals surface area contributed by atoms with E-state index in [1.807, 2.05) is 44.2 Å². The van der Waals surface area contributed by atoms with Gasteiger partial charge in [0.25, 0.3) is 0 Å². The van der Waals surface area contributed by atoms with E-state index < -0.39 is 0 Å². The van der Waals surface area contributed by atoms with Gasteiger partial charge in [0.2, 0.25) is 5.91 Å². The summed E-state index contributed by atoms with van der Waals surface area (Å²) in [7, 11) is 0. The summed E-state index contributed by atoms with van der Waals surface area (Å²) in [6.07, 6.45) is 2.96. The van der Waals surface area contributed by atoms with Gasteiger partial charge in [-0.25, -0.2) is 9.67 Å². The van der Waals surface area contributed by atoms with Crippen molar-refractivity contribution in [1.82, 2.24) is 19.7 Å². The van der Waals surface area contributed by atoms with E-state index in [1.54, 1.807) is 4.90 Å². The molecule has 0 aliphatic heterocycles. The zero-order valence-electron chi connectivity index (χ0n) is 12.6. The van der Waals surface area contributed by atoms with Crippen molar-refractivity contribution in [2.75, 3.05) is 6.54 Å². The molecule has 6 heteroatoms. The van der Waals surface area contributed by atoms with Crippen LogP contribution in [0.3, 0.4) is 0 Å². The lowest BCUT2D eigenvalue weighted by Crippen LogP contribution is -2.35. The Bertz CT molecular complexity index is 730. The maximum Gasteiger partial charge on any atom is 0.244 e. The fourth-order valence-corrected chi connectivity index (χ4v) is 2.57. The molecule has 0 fully saturated rings. The van der Waals surface area contributed by atoms with Gasteiger partial charge in [-0.05, 0) is 26.0 Å². The average Bonchev–Trinajstić information content (AvgIpc) is 3.16. The molecule has 2 heterocycles. The third-order valence-corrected chi connectivity index (χ3v) is 3.75. The Morgan fingerprint density at radius 1 is 1.41 bits per heavy atom. The van der Waals surface area contributed by atoms with E-state index in [9.17, 15) is 4.79 Å². The lowest BCUT2D eigenvalue weighted by atomic mass is 10.2. The molecule has 0 bridgehead atoms. The molecule has 2 aromatic heterocycles. The number of amides is 1. The molecule has 0 aliphatic rings. The number of nitrogens with zero attached hydrogens (tertiary/aromatic N) is 4. The van der Waals surface area contributed by atoms with Crippen molar-refractivity contribution in [3.63, 3.8) is 0 Å². The SMILES string of the molecule is CCN(C(=O)Cn1cncn1)C(C)c1cc2ccccc2o1. The average molecular weight is 298 g/mol. The Morgan fingerprint density at radius 3 is 2.91 bits per heavy atom. The third kappa shape index (κ3) is 2.72. The summed E-state index contributed by atoms with van der Waals surface area (Å²) in [6, 6.07) is 9.70. The van der Waals surface area contributed by atoms with Gasteiger partial charge in [-0.1, -0.05) is 18.2 Å². The van der Waals surface area contributed by atoms with Gasteiger partial charge in [0.05, 0.1) is 6.04 Å². The highest BCUT2D eigenvalue weighted by Gasteiger charge is 2.23. The number of para-hydroxylation sites is 1. The molecule has 1 atom stereocenters. The minimum Gasteiger partial charge on any atom is -0.459 e. The van der Waals surface area contributed by atoms with E-state index in [-0.39, 0.29) is 18.5 Å². The topological polar surface area (TPSA) is 64.2 Å². The van der Waals surface area contributed by atoms with Gasteiger partial charge < -0.3 is 9.32 Å². The summed E-state index contributed by atoms with van der Waals surface area (Å²) >= 11 is 0. The first kappa shape index (κ1) is 14.3. The Hall–Kier alpha value is -2.63. The van der Waals surface area contributed by atoms with Crippen LogP contribution >= 0.6 is 0 Å². The van der Waals surface area contributed by atoms with Gasteiger partial charge in [-0.2, -0.15) is 5.10 Å². The van der Waals surface area contributed by atoms with Crippen LogP contribution in [-0.2, 0) is 11.3 Å². The molecular weight excluding hydrogens is 280 g/mol. The van der Waals surface area contributed by atoms with Crippen molar-refractivity contribution >= 4 is 16.9 Å². The van der Waals surface area contributed by atoms with Crippen LogP contribution in [0.5, 0.6) is 0 Å². The number of hydrogen-bond donors (Lipinski definition) is 0. The number of fused-ring (bicyclic) bond motifs is 1. The summed E-state index contributed by atoms with van der Waals surface area (Å²) in [4.78, 5) is 18.1. The van der Waals surface area contributed by atoms with E-state index in [1.165, 1.54) is 17.3 Å². The normalized spacial score (nSPS) is 12.5. The van der Waals surface area contributed by atoms with Crippen LogP contribution in [0.2, 0.25) is 0 Å². The molecule has 0 spiro atoms. The molecule has 0 saturated carbocycles. The molecule has 0 radical (unpaired) electrons. The second-order valence-corrected chi connectivity index (χ2v) is 5.14. The van der Waals surface area contributed by atoms with Crippen LogP contribution in [0.25, 0.3) is 11.0 Å². The van der Waals surface area contributed by atoms with Gasteiger partial charge >= 0.3 is 0 Å². The zero-order valence-corrected chi connectivity index (χ0v) is 12.6. The molecule has 1 amide bonds. The minimum atomic E-state index is -0.131. The van der Waals surface area contributed by atoms with Gasteiger partial charge in [0.1, 0.15) is 30.5 Å². The Morgan fingerprint density at radius 2 is 2.23 bits per heavy atom. The number of rotatable bonds is 5.